The van der Waals surface area contributed by atoms with Crippen LogP contribution in [0.5, 0.6) is 0 Å². The molecule has 0 spiro atoms. The molecule has 198 valence electrons. The molecule has 0 N–H and O–H groups in total. The average Bonchev–Trinajstić information content (AvgIpc) is 3.60. The third kappa shape index (κ3) is 3.44. The molecule has 0 bridgehead atoms. The minimum Gasteiger partial charge on any atom is -0.454 e. The normalized spacial score (nSPS) is 14.7. The predicted octanol–water partition coefficient (Wildman–Crippen LogP) is 10.6. The highest BCUT2D eigenvalue weighted by molar-refractivity contribution is 6.10. The van der Waals surface area contributed by atoms with Gasteiger partial charge in [-0.15, -0.1) is 0 Å². The zero-order valence-electron chi connectivity index (χ0n) is 22.9. The van der Waals surface area contributed by atoms with E-state index in [4.69, 9.17) is 4.42 Å². The molecule has 7 aromatic rings. The molecule has 3 heteroatoms. The van der Waals surface area contributed by atoms with E-state index in [0.717, 1.165) is 45.4 Å². The lowest BCUT2D eigenvalue weighted by molar-refractivity contribution is 0.669. The van der Waals surface area contributed by atoms with Gasteiger partial charge in [0, 0.05) is 28.6 Å². The fraction of sp³-hybridized carbons (Fsp3) is 0.0513. The smallest absolute Gasteiger partial charge is 0.159 e. The summed E-state index contributed by atoms with van der Waals surface area (Å²) in [5.74, 6) is 0.445. The maximum Gasteiger partial charge on any atom is 0.159 e. The molecule has 0 aliphatic heterocycles. The van der Waals surface area contributed by atoms with E-state index in [1.807, 2.05) is 30.6 Å². The second-order valence-corrected chi connectivity index (χ2v) is 11.1. The molecule has 2 heterocycles. The first-order valence-electron chi connectivity index (χ1n) is 14.5. The Bertz CT molecular complexity index is 2170. The minimum atomic E-state index is 0.445. The number of para-hydroxylation sites is 2. The molecular weight excluding hydrogens is 512 g/mol. The van der Waals surface area contributed by atoms with Gasteiger partial charge in [0.2, 0.25) is 0 Å². The van der Waals surface area contributed by atoms with Gasteiger partial charge in [0.05, 0.1) is 17.6 Å². The molecule has 0 radical (unpaired) electrons. The lowest BCUT2D eigenvalue weighted by atomic mass is 9.86. The largest absolute Gasteiger partial charge is 0.454 e. The molecule has 9 rings (SSSR count). The number of furan rings is 1. The molecule has 0 amide bonds. The summed E-state index contributed by atoms with van der Waals surface area (Å²) in [7, 11) is 0. The maximum absolute atomic E-state index is 6.44. The number of hydrogen-bond donors (Lipinski definition) is 0. The zero-order chi connectivity index (χ0) is 27.6. The van der Waals surface area contributed by atoms with Crippen molar-refractivity contribution in [3.63, 3.8) is 0 Å². The summed E-state index contributed by atoms with van der Waals surface area (Å²) >= 11 is 0. The molecule has 0 fully saturated rings. The van der Waals surface area contributed by atoms with Gasteiger partial charge in [0.1, 0.15) is 5.58 Å². The first-order valence-corrected chi connectivity index (χ1v) is 14.5. The first-order chi connectivity index (χ1) is 20.8. The highest BCUT2D eigenvalue weighted by atomic mass is 16.3. The fourth-order valence-corrected chi connectivity index (χ4v) is 6.98. The SMILES string of the molecule is C1=Cc2cccc3c2C(C1)c1cc(-c2ccc(N(c4cccnc4)c4cccc5c4oc4ccccc45)cc2)ccc1-3. The monoisotopic (exact) mass is 538 g/mol. The van der Waals surface area contributed by atoms with Crippen molar-refractivity contribution in [3.8, 4) is 22.3 Å². The topological polar surface area (TPSA) is 29.3 Å². The van der Waals surface area contributed by atoms with Crippen LogP contribution in [0.2, 0.25) is 0 Å². The summed E-state index contributed by atoms with van der Waals surface area (Å²) in [6.07, 6.45) is 9.38. The van der Waals surface area contributed by atoms with Gasteiger partial charge >= 0.3 is 0 Å². The molecule has 1 unspecified atom stereocenters. The number of aromatic nitrogens is 1. The van der Waals surface area contributed by atoms with Crippen molar-refractivity contribution in [2.24, 2.45) is 0 Å². The predicted molar refractivity (Wildman–Crippen MR) is 173 cm³/mol. The van der Waals surface area contributed by atoms with E-state index < -0.39 is 0 Å². The Labute approximate surface area is 244 Å². The van der Waals surface area contributed by atoms with Crippen molar-refractivity contribution in [2.45, 2.75) is 12.3 Å². The Balaban J connectivity index is 1.14. The van der Waals surface area contributed by atoms with Crippen LogP contribution in [0.4, 0.5) is 17.1 Å². The molecule has 2 aliphatic carbocycles. The van der Waals surface area contributed by atoms with E-state index >= 15 is 0 Å². The maximum atomic E-state index is 6.44. The Kier molecular flexibility index (Phi) is 5.02. The number of nitrogens with zero attached hydrogens (tertiary/aromatic N) is 2. The highest BCUT2D eigenvalue weighted by Gasteiger charge is 2.31. The summed E-state index contributed by atoms with van der Waals surface area (Å²) < 4.78 is 6.44. The van der Waals surface area contributed by atoms with E-state index in [0.29, 0.717) is 5.92 Å². The Morgan fingerprint density at radius 3 is 2.45 bits per heavy atom. The van der Waals surface area contributed by atoms with Crippen molar-refractivity contribution >= 4 is 45.1 Å². The fourth-order valence-electron chi connectivity index (χ4n) is 6.98. The van der Waals surface area contributed by atoms with Crippen LogP contribution in [-0.2, 0) is 0 Å². The van der Waals surface area contributed by atoms with Crippen molar-refractivity contribution in [3.05, 3.63) is 150 Å². The molecular formula is C39H26N2O. The first kappa shape index (κ1) is 23.3. The van der Waals surface area contributed by atoms with Gasteiger partial charge in [-0.25, -0.2) is 0 Å². The number of hydrogen-bond acceptors (Lipinski definition) is 3. The van der Waals surface area contributed by atoms with Crippen molar-refractivity contribution in [2.75, 3.05) is 4.90 Å². The summed E-state index contributed by atoms with van der Waals surface area (Å²) in [5.41, 5.74) is 14.3. The summed E-state index contributed by atoms with van der Waals surface area (Å²) in [5, 5.41) is 2.23. The average molecular weight is 539 g/mol. The molecule has 42 heavy (non-hydrogen) atoms. The third-order valence-electron chi connectivity index (χ3n) is 8.86. The molecule has 5 aromatic carbocycles. The van der Waals surface area contributed by atoms with Gasteiger partial charge in [0.25, 0.3) is 0 Å². The summed E-state index contributed by atoms with van der Waals surface area (Å²) in [6, 6.07) is 41.2. The highest BCUT2D eigenvalue weighted by Crippen LogP contribution is 2.51. The van der Waals surface area contributed by atoms with E-state index in [1.54, 1.807) is 0 Å². The lowest BCUT2D eigenvalue weighted by Gasteiger charge is -2.25. The molecule has 0 saturated heterocycles. The number of fused-ring (bicyclic) bond motifs is 6. The van der Waals surface area contributed by atoms with E-state index in [9.17, 15) is 0 Å². The minimum absolute atomic E-state index is 0.445. The number of anilines is 3. The summed E-state index contributed by atoms with van der Waals surface area (Å²) in [6.45, 7) is 0. The quantitative estimate of drug-likeness (QED) is 0.223. The van der Waals surface area contributed by atoms with Crippen LogP contribution < -0.4 is 4.90 Å². The van der Waals surface area contributed by atoms with Crippen LogP contribution in [0, 0.1) is 0 Å². The number of allylic oxidation sites excluding steroid dienone is 1. The van der Waals surface area contributed by atoms with Crippen molar-refractivity contribution in [1.82, 2.24) is 4.98 Å². The van der Waals surface area contributed by atoms with Gasteiger partial charge < -0.3 is 9.32 Å². The van der Waals surface area contributed by atoms with Crippen LogP contribution >= 0.6 is 0 Å². The van der Waals surface area contributed by atoms with Crippen LogP contribution in [0.1, 0.15) is 29.0 Å². The second-order valence-electron chi connectivity index (χ2n) is 11.1. The number of pyridine rings is 1. The van der Waals surface area contributed by atoms with Crippen molar-refractivity contribution < 1.29 is 4.42 Å². The Hall–Kier alpha value is -5.41. The van der Waals surface area contributed by atoms with Gasteiger partial charge in [-0.3, -0.25) is 4.98 Å². The van der Waals surface area contributed by atoms with E-state index in [1.165, 1.54) is 38.9 Å². The molecule has 2 aromatic heterocycles. The van der Waals surface area contributed by atoms with Gasteiger partial charge in [-0.2, -0.15) is 0 Å². The van der Waals surface area contributed by atoms with Crippen LogP contribution in [0.15, 0.2) is 138 Å². The zero-order valence-corrected chi connectivity index (χ0v) is 22.9. The molecule has 2 aliphatic rings. The Morgan fingerprint density at radius 2 is 1.55 bits per heavy atom. The van der Waals surface area contributed by atoms with Gasteiger partial charge in [-0.05, 0) is 87.8 Å². The van der Waals surface area contributed by atoms with Gasteiger partial charge in [-0.1, -0.05) is 84.9 Å². The van der Waals surface area contributed by atoms with Gasteiger partial charge in [0.15, 0.2) is 5.58 Å². The molecule has 3 nitrogen and oxygen atoms in total. The second kappa shape index (κ2) is 9.05. The van der Waals surface area contributed by atoms with Crippen LogP contribution in [0.25, 0.3) is 50.3 Å². The van der Waals surface area contributed by atoms with E-state index in [2.05, 4.69) is 119 Å². The Morgan fingerprint density at radius 1 is 0.690 bits per heavy atom. The third-order valence-corrected chi connectivity index (χ3v) is 8.86. The van der Waals surface area contributed by atoms with Crippen LogP contribution in [0.3, 0.4) is 0 Å². The molecule has 1 atom stereocenters. The van der Waals surface area contributed by atoms with Crippen LogP contribution in [-0.4, -0.2) is 4.98 Å². The van der Waals surface area contributed by atoms with E-state index in [-0.39, 0.29) is 0 Å². The standard InChI is InChI=1S/C39H26N2O/c1-2-15-37-31(10-1)34-13-5-14-36(39(34)42-37)41(29-9-6-22-40-24-29)28-19-16-25(17-20-28)27-18-21-30-32-11-3-7-26-8-4-12-33(38(26)32)35(30)23-27/h1-11,13-24,33H,12H2. The summed E-state index contributed by atoms with van der Waals surface area (Å²) in [4.78, 5) is 6.68. The number of benzene rings is 5. The van der Waals surface area contributed by atoms with Crippen molar-refractivity contribution in [1.29, 1.82) is 0 Å². The number of rotatable bonds is 4. The molecule has 0 saturated carbocycles. The lowest BCUT2D eigenvalue weighted by Crippen LogP contribution is -2.10.